The number of hydrogen-bond acceptors (Lipinski definition) is 2. The molecule has 0 saturated carbocycles. The smallest absolute Gasteiger partial charge is 0.224 e. The normalized spacial score (nSPS) is 18.9. The van der Waals surface area contributed by atoms with Gasteiger partial charge in [0.1, 0.15) is 0 Å². The van der Waals surface area contributed by atoms with E-state index in [0.29, 0.717) is 18.3 Å². The van der Waals surface area contributed by atoms with Gasteiger partial charge in [0.25, 0.3) is 0 Å². The number of nitrogens with one attached hydrogen (secondary N) is 2. The van der Waals surface area contributed by atoms with E-state index in [0.717, 1.165) is 29.5 Å². The van der Waals surface area contributed by atoms with Crippen LogP contribution in [-0.4, -0.2) is 19.0 Å². The zero-order valence-corrected chi connectivity index (χ0v) is 14.4. The topological polar surface area (TPSA) is 41.1 Å². The number of fused-ring (bicyclic) bond motifs is 1. The van der Waals surface area contributed by atoms with Crippen molar-refractivity contribution >= 4 is 34.8 Å². The van der Waals surface area contributed by atoms with E-state index in [1.807, 2.05) is 24.3 Å². The molecular formula is C19H25ClN2O. The maximum Gasteiger partial charge on any atom is 0.224 e. The van der Waals surface area contributed by atoms with E-state index in [1.54, 1.807) is 0 Å². The Hall–Kier alpha value is -1.58. The zero-order valence-electron chi connectivity index (χ0n) is 13.5. The standard InChI is InChI=1S/C19H24N2O.ClH/c1-14(16-8-5-11-20-13-16)12-19(22)21-18-10-4-7-15-6-2-3-9-17(15)18;/h2-4,6-7,9-10,14,16,20H,5,8,11-13H2,1H3,(H,21,22);1H. The fourth-order valence-corrected chi connectivity index (χ4v) is 3.36. The summed E-state index contributed by atoms with van der Waals surface area (Å²) in [5.74, 6) is 1.16. The molecule has 2 unspecified atom stereocenters. The first-order chi connectivity index (χ1) is 10.7. The Morgan fingerprint density at radius 3 is 2.83 bits per heavy atom. The summed E-state index contributed by atoms with van der Waals surface area (Å²) in [6.07, 6.45) is 3.05. The lowest BCUT2D eigenvalue weighted by Gasteiger charge is -2.28. The molecule has 1 fully saturated rings. The summed E-state index contributed by atoms with van der Waals surface area (Å²) in [6.45, 7) is 4.36. The number of amides is 1. The third-order valence-electron chi connectivity index (χ3n) is 4.71. The number of halogens is 1. The van der Waals surface area contributed by atoms with Crippen LogP contribution in [0.2, 0.25) is 0 Å². The Bertz CT molecular complexity index is 647. The second-order valence-corrected chi connectivity index (χ2v) is 6.36. The second kappa shape index (κ2) is 8.32. The molecule has 2 N–H and O–H groups in total. The van der Waals surface area contributed by atoms with Crippen LogP contribution in [0.5, 0.6) is 0 Å². The van der Waals surface area contributed by atoms with E-state index in [4.69, 9.17) is 0 Å². The van der Waals surface area contributed by atoms with Gasteiger partial charge < -0.3 is 10.6 Å². The number of carbonyl (C=O) groups is 1. The average Bonchev–Trinajstić information content (AvgIpc) is 2.56. The largest absolute Gasteiger partial charge is 0.326 e. The molecule has 1 saturated heterocycles. The Kier molecular flexibility index (Phi) is 6.43. The van der Waals surface area contributed by atoms with Gasteiger partial charge in [0.15, 0.2) is 0 Å². The van der Waals surface area contributed by atoms with Crippen LogP contribution in [0.15, 0.2) is 42.5 Å². The molecule has 0 aromatic heterocycles. The molecule has 2 aromatic rings. The van der Waals surface area contributed by atoms with Crippen LogP contribution >= 0.6 is 12.4 Å². The van der Waals surface area contributed by atoms with Gasteiger partial charge in [-0.1, -0.05) is 43.3 Å². The quantitative estimate of drug-likeness (QED) is 0.879. The zero-order chi connectivity index (χ0) is 15.4. The lowest BCUT2D eigenvalue weighted by Crippen LogP contribution is -2.34. The van der Waals surface area contributed by atoms with Crippen LogP contribution in [0.25, 0.3) is 10.8 Å². The van der Waals surface area contributed by atoms with Gasteiger partial charge in [-0.15, -0.1) is 12.4 Å². The van der Waals surface area contributed by atoms with Gasteiger partial charge >= 0.3 is 0 Å². The molecule has 3 nitrogen and oxygen atoms in total. The van der Waals surface area contributed by atoms with Crippen molar-refractivity contribution in [3.63, 3.8) is 0 Å². The van der Waals surface area contributed by atoms with E-state index >= 15 is 0 Å². The Balaban J connectivity index is 0.00000192. The number of rotatable bonds is 4. The Morgan fingerprint density at radius 1 is 1.26 bits per heavy atom. The van der Waals surface area contributed by atoms with Crippen LogP contribution in [0.1, 0.15) is 26.2 Å². The first kappa shape index (κ1) is 17.8. The molecule has 23 heavy (non-hydrogen) atoms. The highest BCUT2D eigenvalue weighted by Crippen LogP contribution is 2.25. The van der Waals surface area contributed by atoms with Gasteiger partial charge in [0.2, 0.25) is 5.91 Å². The van der Waals surface area contributed by atoms with Gasteiger partial charge in [0, 0.05) is 17.5 Å². The summed E-state index contributed by atoms with van der Waals surface area (Å²) in [6, 6.07) is 14.2. The minimum atomic E-state index is 0. The van der Waals surface area contributed by atoms with Crippen LogP contribution in [0.3, 0.4) is 0 Å². The van der Waals surface area contributed by atoms with Crippen molar-refractivity contribution in [1.29, 1.82) is 0 Å². The van der Waals surface area contributed by atoms with E-state index < -0.39 is 0 Å². The van der Waals surface area contributed by atoms with E-state index in [-0.39, 0.29) is 18.3 Å². The monoisotopic (exact) mass is 332 g/mol. The van der Waals surface area contributed by atoms with E-state index in [9.17, 15) is 4.79 Å². The van der Waals surface area contributed by atoms with Crippen molar-refractivity contribution in [2.75, 3.05) is 18.4 Å². The Labute approximate surface area is 144 Å². The van der Waals surface area contributed by atoms with Gasteiger partial charge in [-0.05, 0) is 49.2 Å². The first-order valence-electron chi connectivity index (χ1n) is 8.22. The highest BCUT2D eigenvalue weighted by Gasteiger charge is 2.22. The van der Waals surface area contributed by atoms with Gasteiger partial charge in [-0.3, -0.25) is 4.79 Å². The van der Waals surface area contributed by atoms with E-state index in [1.165, 1.54) is 12.8 Å². The summed E-state index contributed by atoms with van der Waals surface area (Å²) in [7, 11) is 0. The molecule has 0 aliphatic carbocycles. The van der Waals surface area contributed by atoms with Crippen molar-refractivity contribution in [1.82, 2.24) is 5.32 Å². The molecule has 3 rings (SSSR count). The summed E-state index contributed by atoms with van der Waals surface area (Å²) in [4.78, 5) is 12.4. The van der Waals surface area contributed by atoms with Crippen molar-refractivity contribution in [2.45, 2.75) is 26.2 Å². The van der Waals surface area contributed by atoms with Crippen molar-refractivity contribution in [2.24, 2.45) is 11.8 Å². The summed E-state index contributed by atoms with van der Waals surface area (Å²) in [5, 5.41) is 8.79. The molecule has 0 spiro atoms. The lowest BCUT2D eigenvalue weighted by atomic mass is 9.85. The van der Waals surface area contributed by atoms with Gasteiger partial charge in [0.05, 0.1) is 0 Å². The minimum Gasteiger partial charge on any atom is -0.326 e. The Morgan fingerprint density at radius 2 is 2.04 bits per heavy atom. The summed E-state index contributed by atoms with van der Waals surface area (Å²) >= 11 is 0. The van der Waals surface area contributed by atoms with Crippen LogP contribution in [-0.2, 0) is 4.79 Å². The molecule has 124 valence electrons. The van der Waals surface area contributed by atoms with Crippen molar-refractivity contribution in [3.8, 4) is 0 Å². The fourth-order valence-electron chi connectivity index (χ4n) is 3.36. The van der Waals surface area contributed by atoms with Gasteiger partial charge in [-0.25, -0.2) is 0 Å². The summed E-state index contributed by atoms with van der Waals surface area (Å²) < 4.78 is 0. The molecule has 4 heteroatoms. The molecule has 1 aliphatic rings. The van der Waals surface area contributed by atoms with E-state index in [2.05, 4.69) is 35.8 Å². The molecule has 2 atom stereocenters. The van der Waals surface area contributed by atoms with Gasteiger partial charge in [-0.2, -0.15) is 0 Å². The highest BCUT2D eigenvalue weighted by atomic mass is 35.5. The maximum atomic E-state index is 12.4. The van der Waals surface area contributed by atoms with Crippen LogP contribution in [0, 0.1) is 11.8 Å². The van der Waals surface area contributed by atoms with Crippen molar-refractivity contribution < 1.29 is 4.79 Å². The van der Waals surface area contributed by atoms with Crippen LogP contribution in [0.4, 0.5) is 5.69 Å². The minimum absolute atomic E-state index is 0. The highest BCUT2D eigenvalue weighted by molar-refractivity contribution is 6.02. The maximum absolute atomic E-state index is 12.4. The number of hydrogen-bond donors (Lipinski definition) is 2. The SMILES string of the molecule is CC(CC(=O)Nc1cccc2ccccc12)C1CCCNC1.Cl. The number of anilines is 1. The molecule has 2 aromatic carbocycles. The molecule has 1 heterocycles. The van der Waals surface area contributed by atoms with Crippen LogP contribution < -0.4 is 10.6 Å². The third-order valence-corrected chi connectivity index (χ3v) is 4.71. The molecule has 1 amide bonds. The number of piperidine rings is 1. The second-order valence-electron chi connectivity index (χ2n) is 6.36. The molecule has 0 bridgehead atoms. The lowest BCUT2D eigenvalue weighted by molar-refractivity contribution is -0.117. The average molecular weight is 333 g/mol. The fraction of sp³-hybridized carbons (Fsp3) is 0.421. The third kappa shape index (κ3) is 4.46. The predicted octanol–water partition coefficient (Wildman–Crippen LogP) is 4.23. The predicted molar refractivity (Wildman–Crippen MR) is 99.2 cm³/mol. The molecule has 0 radical (unpaired) electrons. The first-order valence-corrected chi connectivity index (χ1v) is 8.22. The van der Waals surface area contributed by atoms with Crippen molar-refractivity contribution in [3.05, 3.63) is 42.5 Å². The number of carbonyl (C=O) groups excluding carboxylic acids is 1. The summed E-state index contributed by atoms with van der Waals surface area (Å²) in [5.41, 5.74) is 0.914. The number of benzene rings is 2. The molecular weight excluding hydrogens is 308 g/mol. The molecule has 1 aliphatic heterocycles.